The van der Waals surface area contributed by atoms with Gasteiger partial charge in [-0.25, -0.2) is 0 Å². The zero-order valence-corrected chi connectivity index (χ0v) is 8.71. The molecule has 1 aliphatic rings. The molecule has 1 aromatic carbocycles. The van der Waals surface area contributed by atoms with Gasteiger partial charge in [0, 0.05) is 0 Å². The lowest BCUT2D eigenvalue weighted by atomic mass is 10.2. The number of nitrogens with zero attached hydrogens (tertiary/aromatic N) is 1. The van der Waals surface area contributed by atoms with Gasteiger partial charge in [-0.1, -0.05) is 36.4 Å². The molecule has 2 rings (SSSR count). The second kappa shape index (κ2) is 4.56. The maximum absolute atomic E-state index is 4.82. The zero-order chi connectivity index (χ0) is 10.5. The fourth-order valence-electron chi connectivity index (χ4n) is 1.11. The number of amidine groups is 1. The van der Waals surface area contributed by atoms with Gasteiger partial charge in [0.2, 0.25) is 5.11 Å². The summed E-state index contributed by atoms with van der Waals surface area (Å²) < 4.78 is 0. The molecule has 0 unspecified atom stereocenters. The van der Waals surface area contributed by atoms with Crippen molar-refractivity contribution >= 4 is 29.2 Å². The van der Waals surface area contributed by atoms with Crippen molar-refractivity contribution in [2.24, 2.45) is 5.10 Å². The average molecular weight is 218 g/mol. The van der Waals surface area contributed by atoms with Gasteiger partial charge in [0.25, 0.3) is 0 Å². The normalized spacial score (nSPS) is 15.2. The number of hydrazone groups is 1. The Kier molecular flexibility index (Phi) is 2.94. The average Bonchev–Trinajstić information content (AvgIpc) is 2.30. The predicted octanol–water partition coefficient (Wildman–Crippen LogP) is 0.996. The van der Waals surface area contributed by atoms with Gasteiger partial charge in [-0.2, -0.15) is 5.10 Å². The molecule has 15 heavy (non-hydrogen) atoms. The minimum absolute atomic E-state index is 0.465. The van der Waals surface area contributed by atoms with E-state index in [-0.39, 0.29) is 0 Å². The molecule has 0 radical (unpaired) electrons. The van der Waals surface area contributed by atoms with Gasteiger partial charge >= 0.3 is 0 Å². The summed E-state index contributed by atoms with van der Waals surface area (Å²) in [5, 5.41) is 4.46. The fraction of sp³-hybridized carbons (Fsp3) is 0. The fourth-order valence-corrected chi connectivity index (χ4v) is 1.20. The molecule has 4 nitrogen and oxygen atoms in total. The van der Waals surface area contributed by atoms with Crippen LogP contribution in [0, 0.1) is 0 Å². The largest absolute Gasteiger partial charge is 0.281 e. The number of benzene rings is 1. The van der Waals surface area contributed by atoms with Crippen molar-refractivity contribution in [1.82, 2.24) is 16.3 Å². The van der Waals surface area contributed by atoms with Crippen LogP contribution in [0.15, 0.2) is 41.5 Å². The summed E-state index contributed by atoms with van der Waals surface area (Å²) in [6.07, 6.45) is 3.82. The number of thiocarbonyl (C=S) groups is 1. The second-order valence-electron chi connectivity index (χ2n) is 2.93. The first-order chi connectivity index (χ1) is 7.34. The van der Waals surface area contributed by atoms with E-state index in [1.165, 1.54) is 0 Å². The molecule has 0 aliphatic carbocycles. The monoisotopic (exact) mass is 218 g/mol. The Balaban J connectivity index is 2.03. The number of hydrogen-bond donors (Lipinski definition) is 3. The Bertz CT molecular complexity index is 411. The van der Waals surface area contributed by atoms with E-state index in [1.807, 2.05) is 42.5 Å². The van der Waals surface area contributed by atoms with Crippen LogP contribution < -0.4 is 16.3 Å². The summed E-state index contributed by atoms with van der Waals surface area (Å²) >= 11 is 4.82. The summed E-state index contributed by atoms with van der Waals surface area (Å²) in [7, 11) is 0. The first-order valence-electron chi connectivity index (χ1n) is 4.47. The Labute approximate surface area is 93.0 Å². The Morgan fingerprint density at radius 3 is 2.53 bits per heavy atom. The SMILES string of the molecule is S=C1NN=C(/C=C/c2ccccc2)NN1. The molecule has 3 N–H and O–H groups in total. The molecule has 0 bridgehead atoms. The summed E-state index contributed by atoms with van der Waals surface area (Å²) in [4.78, 5) is 0. The molecule has 1 heterocycles. The predicted molar refractivity (Wildman–Crippen MR) is 64.9 cm³/mol. The van der Waals surface area contributed by atoms with Gasteiger partial charge in [-0.3, -0.25) is 16.3 Å². The third kappa shape index (κ3) is 2.78. The highest BCUT2D eigenvalue weighted by Crippen LogP contribution is 2.00. The molecule has 1 aliphatic heterocycles. The lowest BCUT2D eigenvalue weighted by Gasteiger charge is -2.15. The van der Waals surface area contributed by atoms with E-state index in [0.717, 1.165) is 5.56 Å². The molecule has 0 amide bonds. The molecule has 1 aromatic rings. The quantitative estimate of drug-likeness (QED) is 0.648. The van der Waals surface area contributed by atoms with Crippen molar-refractivity contribution in [3.05, 3.63) is 42.0 Å². The van der Waals surface area contributed by atoms with Gasteiger partial charge in [-0.05, 0) is 23.9 Å². The van der Waals surface area contributed by atoms with Crippen LogP contribution in [0.3, 0.4) is 0 Å². The third-order valence-electron chi connectivity index (χ3n) is 1.82. The maximum Gasteiger partial charge on any atom is 0.205 e. The topological polar surface area (TPSA) is 48.5 Å². The highest BCUT2D eigenvalue weighted by molar-refractivity contribution is 7.80. The van der Waals surface area contributed by atoms with Gasteiger partial charge in [-0.15, -0.1) is 0 Å². The van der Waals surface area contributed by atoms with Crippen molar-refractivity contribution in [1.29, 1.82) is 0 Å². The van der Waals surface area contributed by atoms with Gasteiger partial charge in [0.1, 0.15) is 0 Å². The van der Waals surface area contributed by atoms with Crippen molar-refractivity contribution in [3.8, 4) is 0 Å². The molecular formula is C10H10N4S. The molecule has 0 aromatic heterocycles. The molecular weight excluding hydrogens is 208 g/mol. The van der Waals surface area contributed by atoms with Gasteiger partial charge in [0.15, 0.2) is 5.84 Å². The van der Waals surface area contributed by atoms with Crippen LogP contribution in [-0.4, -0.2) is 10.9 Å². The zero-order valence-electron chi connectivity index (χ0n) is 7.90. The Morgan fingerprint density at radius 1 is 1.07 bits per heavy atom. The first kappa shape index (κ1) is 9.67. The molecule has 0 saturated heterocycles. The van der Waals surface area contributed by atoms with Crippen LogP contribution in [0.25, 0.3) is 6.08 Å². The van der Waals surface area contributed by atoms with E-state index in [0.29, 0.717) is 10.9 Å². The van der Waals surface area contributed by atoms with Crippen LogP contribution in [0.5, 0.6) is 0 Å². The number of hydrazine groups is 1. The van der Waals surface area contributed by atoms with Gasteiger partial charge in [0.05, 0.1) is 0 Å². The van der Waals surface area contributed by atoms with E-state index < -0.39 is 0 Å². The summed E-state index contributed by atoms with van der Waals surface area (Å²) in [5.74, 6) is 0.687. The van der Waals surface area contributed by atoms with Crippen molar-refractivity contribution in [3.63, 3.8) is 0 Å². The molecule has 0 fully saturated rings. The van der Waals surface area contributed by atoms with Crippen molar-refractivity contribution < 1.29 is 0 Å². The summed E-state index contributed by atoms with van der Waals surface area (Å²) in [6.45, 7) is 0. The smallest absolute Gasteiger partial charge is 0.205 e. The molecule has 0 saturated carbocycles. The van der Waals surface area contributed by atoms with E-state index in [2.05, 4.69) is 21.4 Å². The lowest BCUT2D eigenvalue weighted by molar-refractivity contribution is 0.780. The highest BCUT2D eigenvalue weighted by Gasteiger charge is 2.01. The second-order valence-corrected chi connectivity index (χ2v) is 3.34. The molecule has 0 atom stereocenters. The van der Waals surface area contributed by atoms with Crippen LogP contribution in [0.2, 0.25) is 0 Å². The standard InChI is InChI=1S/C10H10N4S/c15-10-13-11-9(12-14-10)7-6-8-4-2-1-3-5-8/h1-7H,(H,11,12)(H2,13,14,15)/b7-6+. The van der Waals surface area contributed by atoms with Crippen molar-refractivity contribution in [2.75, 3.05) is 0 Å². The van der Waals surface area contributed by atoms with Crippen LogP contribution in [0.1, 0.15) is 5.56 Å². The molecule has 0 spiro atoms. The van der Waals surface area contributed by atoms with Crippen LogP contribution in [0.4, 0.5) is 0 Å². The highest BCUT2D eigenvalue weighted by atomic mass is 32.1. The Hall–Kier alpha value is -1.88. The minimum Gasteiger partial charge on any atom is -0.281 e. The van der Waals surface area contributed by atoms with Crippen LogP contribution in [-0.2, 0) is 0 Å². The van der Waals surface area contributed by atoms with Gasteiger partial charge < -0.3 is 0 Å². The van der Waals surface area contributed by atoms with Crippen molar-refractivity contribution in [2.45, 2.75) is 0 Å². The summed E-state index contributed by atoms with van der Waals surface area (Å²) in [5.41, 5.74) is 9.39. The van der Waals surface area contributed by atoms with E-state index in [1.54, 1.807) is 0 Å². The third-order valence-corrected chi connectivity index (χ3v) is 2.01. The van der Waals surface area contributed by atoms with Crippen LogP contribution >= 0.6 is 12.2 Å². The minimum atomic E-state index is 0.465. The number of hydrogen-bond acceptors (Lipinski definition) is 3. The molecule has 5 heteroatoms. The lowest BCUT2D eigenvalue weighted by Crippen LogP contribution is -2.50. The number of nitrogens with one attached hydrogen (secondary N) is 3. The van der Waals surface area contributed by atoms with E-state index in [9.17, 15) is 0 Å². The van der Waals surface area contributed by atoms with E-state index >= 15 is 0 Å². The maximum atomic E-state index is 4.82. The van der Waals surface area contributed by atoms with E-state index in [4.69, 9.17) is 12.2 Å². The molecule has 76 valence electrons. The Morgan fingerprint density at radius 2 is 1.87 bits per heavy atom. The number of rotatable bonds is 2. The summed E-state index contributed by atoms with van der Waals surface area (Å²) in [6, 6.07) is 9.99. The first-order valence-corrected chi connectivity index (χ1v) is 4.88.